The van der Waals surface area contributed by atoms with Crippen molar-refractivity contribution in [2.24, 2.45) is 5.92 Å². The van der Waals surface area contributed by atoms with Gasteiger partial charge in [0.25, 0.3) is 0 Å². The summed E-state index contributed by atoms with van der Waals surface area (Å²) in [5, 5.41) is 0.785. The summed E-state index contributed by atoms with van der Waals surface area (Å²) >= 11 is 3.40. The van der Waals surface area contributed by atoms with E-state index in [0.717, 1.165) is 11.8 Å². The van der Waals surface area contributed by atoms with Crippen LogP contribution in [0.1, 0.15) is 13.3 Å². The zero-order chi connectivity index (χ0) is 11.5. The predicted molar refractivity (Wildman–Crippen MR) is 63.6 cm³/mol. The molecule has 2 heterocycles. The first-order valence-corrected chi connectivity index (χ1v) is 6.92. The summed E-state index contributed by atoms with van der Waals surface area (Å²) in [6.07, 6.45) is 1.06. The lowest BCUT2D eigenvalue weighted by molar-refractivity contribution is -0.143. The Kier molecular flexibility index (Phi) is 4.21. The fourth-order valence-corrected chi connectivity index (χ4v) is 2.70. The van der Waals surface area contributed by atoms with Crippen molar-refractivity contribution < 1.29 is 14.3 Å². The van der Waals surface area contributed by atoms with Crippen LogP contribution in [0.3, 0.4) is 0 Å². The molecule has 0 aromatic carbocycles. The molecule has 2 rings (SSSR count). The molecule has 2 aliphatic rings. The van der Waals surface area contributed by atoms with Crippen LogP contribution >= 0.6 is 15.9 Å². The lowest BCUT2D eigenvalue weighted by Gasteiger charge is -2.34. The van der Waals surface area contributed by atoms with E-state index in [1.54, 1.807) is 0 Å². The topological polar surface area (TPSA) is 38.8 Å². The predicted octanol–water partition coefficient (Wildman–Crippen LogP) is 1.03. The van der Waals surface area contributed by atoms with Gasteiger partial charge in [-0.2, -0.15) is 0 Å². The maximum Gasteiger partial charge on any atom is 0.228 e. The fourth-order valence-electron chi connectivity index (χ4n) is 2.30. The number of carbonyl (C=O) groups excluding carboxylic acids is 1. The van der Waals surface area contributed by atoms with Crippen LogP contribution in [0, 0.1) is 5.92 Å². The second-order valence-electron chi connectivity index (χ2n) is 4.40. The highest BCUT2D eigenvalue weighted by molar-refractivity contribution is 9.09. The molecule has 4 nitrogen and oxygen atoms in total. The first-order valence-electron chi connectivity index (χ1n) is 5.80. The number of hydrogen-bond donors (Lipinski definition) is 0. The number of rotatable bonds is 2. The van der Waals surface area contributed by atoms with Gasteiger partial charge in [-0.25, -0.2) is 0 Å². The van der Waals surface area contributed by atoms with Gasteiger partial charge in [-0.15, -0.1) is 0 Å². The minimum absolute atomic E-state index is 0.0501. The smallest absolute Gasteiger partial charge is 0.228 e. The number of ether oxygens (including phenoxy) is 2. The van der Waals surface area contributed by atoms with E-state index in [1.165, 1.54) is 0 Å². The Bertz CT molecular complexity index is 262. The van der Waals surface area contributed by atoms with Gasteiger partial charge in [0.05, 0.1) is 24.7 Å². The van der Waals surface area contributed by atoms with Crippen LogP contribution in [-0.4, -0.2) is 54.6 Å². The first kappa shape index (κ1) is 12.3. The molecule has 0 aliphatic carbocycles. The molecule has 0 aromatic heterocycles. The normalized spacial score (nSPS) is 35.4. The highest BCUT2D eigenvalue weighted by Crippen LogP contribution is 2.23. The molecule has 2 aliphatic heterocycles. The van der Waals surface area contributed by atoms with Crippen molar-refractivity contribution in [3.05, 3.63) is 0 Å². The monoisotopic (exact) mass is 291 g/mol. The number of amides is 1. The van der Waals surface area contributed by atoms with E-state index < -0.39 is 0 Å². The van der Waals surface area contributed by atoms with Crippen LogP contribution in [0.25, 0.3) is 0 Å². The van der Waals surface area contributed by atoms with Crippen LogP contribution in [0.15, 0.2) is 0 Å². The van der Waals surface area contributed by atoms with E-state index in [-0.39, 0.29) is 24.0 Å². The molecule has 5 heteroatoms. The van der Waals surface area contributed by atoms with Crippen LogP contribution in [0.4, 0.5) is 0 Å². The van der Waals surface area contributed by atoms with Gasteiger partial charge >= 0.3 is 0 Å². The van der Waals surface area contributed by atoms with Gasteiger partial charge < -0.3 is 14.4 Å². The summed E-state index contributed by atoms with van der Waals surface area (Å²) in [6.45, 7) is 4.75. The molecule has 3 unspecified atom stereocenters. The van der Waals surface area contributed by atoms with E-state index in [0.29, 0.717) is 26.3 Å². The quantitative estimate of drug-likeness (QED) is 0.714. The maximum absolute atomic E-state index is 12.2. The van der Waals surface area contributed by atoms with Crippen molar-refractivity contribution in [2.45, 2.75) is 25.6 Å². The van der Waals surface area contributed by atoms with Crippen molar-refractivity contribution in [2.75, 3.05) is 31.6 Å². The Labute approximate surface area is 104 Å². The molecular weight excluding hydrogens is 274 g/mol. The van der Waals surface area contributed by atoms with Crippen molar-refractivity contribution in [1.29, 1.82) is 0 Å². The summed E-state index contributed by atoms with van der Waals surface area (Å²) in [7, 11) is 0. The minimum Gasteiger partial charge on any atom is -0.378 e. The second-order valence-corrected chi connectivity index (χ2v) is 5.05. The molecule has 3 atom stereocenters. The molecule has 2 fully saturated rings. The number of halogens is 1. The van der Waals surface area contributed by atoms with E-state index in [2.05, 4.69) is 15.9 Å². The molecule has 16 heavy (non-hydrogen) atoms. The van der Waals surface area contributed by atoms with Gasteiger partial charge in [0.2, 0.25) is 5.91 Å². The fraction of sp³-hybridized carbons (Fsp3) is 0.909. The van der Waals surface area contributed by atoms with Crippen LogP contribution in [0.5, 0.6) is 0 Å². The Morgan fingerprint density at radius 3 is 2.88 bits per heavy atom. The lowest BCUT2D eigenvalue weighted by atomic mass is 10.0. The molecule has 0 spiro atoms. The largest absolute Gasteiger partial charge is 0.378 e. The van der Waals surface area contributed by atoms with Crippen molar-refractivity contribution >= 4 is 21.8 Å². The zero-order valence-electron chi connectivity index (χ0n) is 9.52. The van der Waals surface area contributed by atoms with Crippen LogP contribution in [-0.2, 0) is 14.3 Å². The summed E-state index contributed by atoms with van der Waals surface area (Å²) in [4.78, 5) is 14.2. The third-order valence-electron chi connectivity index (χ3n) is 3.32. The van der Waals surface area contributed by atoms with E-state index >= 15 is 0 Å². The third kappa shape index (κ3) is 2.57. The minimum atomic E-state index is 0.0501. The summed E-state index contributed by atoms with van der Waals surface area (Å²) < 4.78 is 11.0. The number of carbonyl (C=O) groups is 1. The Morgan fingerprint density at radius 1 is 1.44 bits per heavy atom. The third-order valence-corrected chi connectivity index (χ3v) is 4.04. The molecule has 0 radical (unpaired) electrons. The molecular formula is C11H18BrNO3. The Hall–Kier alpha value is -0.130. The molecule has 1 amide bonds. The average molecular weight is 292 g/mol. The van der Waals surface area contributed by atoms with Gasteiger partial charge in [-0.05, 0) is 13.3 Å². The molecule has 0 bridgehead atoms. The van der Waals surface area contributed by atoms with Gasteiger partial charge in [0.15, 0.2) is 0 Å². The molecule has 0 aromatic rings. The number of alkyl halides is 1. The maximum atomic E-state index is 12.2. The van der Waals surface area contributed by atoms with Crippen molar-refractivity contribution in [3.63, 3.8) is 0 Å². The van der Waals surface area contributed by atoms with Gasteiger partial charge in [0.1, 0.15) is 0 Å². The first-order chi connectivity index (χ1) is 7.72. The molecule has 0 N–H and O–H groups in total. The van der Waals surface area contributed by atoms with Crippen LogP contribution < -0.4 is 0 Å². The Morgan fingerprint density at radius 2 is 2.25 bits per heavy atom. The second kappa shape index (κ2) is 5.47. The Balaban J connectivity index is 1.93. The molecule has 2 saturated heterocycles. The number of nitrogens with zero attached hydrogens (tertiary/aromatic N) is 1. The van der Waals surface area contributed by atoms with Crippen molar-refractivity contribution in [1.82, 2.24) is 4.90 Å². The van der Waals surface area contributed by atoms with Crippen molar-refractivity contribution in [3.8, 4) is 0 Å². The summed E-state index contributed by atoms with van der Waals surface area (Å²) in [5.41, 5.74) is 0. The average Bonchev–Trinajstić information content (AvgIpc) is 2.74. The molecule has 92 valence electrons. The summed E-state index contributed by atoms with van der Waals surface area (Å²) in [5.74, 6) is 0.285. The van der Waals surface area contributed by atoms with Gasteiger partial charge in [-0.1, -0.05) is 15.9 Å². The van der Waals surface area contributed by atoms with E-state index in [9.17, 15) is 4.79 Å². The zero-order valence-corrected chi connectivity index (χ0v) is 11.1. The lowest BCUT2D eigenvalue weighted by Crippen LogP contribution is -2.49. The summed E-state index contributed by atoms with van der Waals surface area (Å²) in [6, 6.07) is 0. The van der Waals surface area contributed by atoms with Crippen LogP contribution in [0.2, 0.25) is 0 Å². The highest BCUT2D eigenvalue weighted by Gasteiger charge is 2.35. The SMILES string of the molecule is CC1OCCC1C(=O)N1CCOC(CBr)C1. The van der Waals surface area contributed by atoms with E-state index in [4.69, 9.17) is 9.47 Å². The van der Waals surface area contributed by atoms with Gasteiger partial charge in [0, 0.05) is 25.0 Å². The standard InChI is InChI=1S/C11H18BrNO3/c1-8-10(2-4-15-8)11(14)13-3-5-16-9(6-12)7-13/h8-10H,2-7H2,1H3. The molecule has 0 saturated carbocycles. The number of hydrogen-bond acceptors (Lipinski definition) is 3. The highest BCUT2D eigenvalue weighted by atomic mass is 79.9. The van der Waals surface area contributed by atoms with E-state index in [1.807, 2.05) is 11.8 Å². The van der Waals surface area contributed by atoms with Gasteiger partial charge in [-0.3, -0.25) is 4.79 Å². The number of morpholine rings is 1.